The Morgan fingerprint density at radius 3 is 2.76 bits per heavy atom. The molecule has 0 aliphatic carbocycles. The van der Waals surface area contributed by atoms with Gasteiger partial charge in [-0.05, 0) is 40.8 Å². The Morgan fingerprint density at radius 1 is 1.24 bits per heavy atom. The average Bonchev–Trinajstić information content (AvgIpc) is 2.69. The molecule has 17 heavy (non-hydrogen) atoms. The molecule has 3 heteroatoms. The molecule has 88 valence electrons. The van der Waals surface area contributed by atoms with Crippen LogP contribution in [0.2, 0.25) is 0 Å². The third-order valence-electron chi connectivity index (χ3n) is 4.37. The predicted molar refractivity (Wildman–Crippen MR) is 74.8 cm³/mol. The van der Waals surface area contributed by atoms with E-state index in [1.165, 1.54) is 47.1 Å². The first-order valence-corrected chi connectivity index (χ1v) is 7.08. The number of nitrogens with zero attached hydrogens (tertiary/aromatic N) is 2. The summed E-state index contributed by atoms with van der Waals surface area (Å²) in [4.78, 5) is 2.56. The second-order valence-corrected chi connectivity index (χ2v) is 6.05. The van der Waals surface area contributed by atoms with Crippen LogP contribution < -0.4 is 4.90 Å². The molecular weight excluding hydrogens is 276 g/mol. The molecule has 2 nitrogen and oxygen atoms in total. The lowest BCUT2D eigenvalue weighted by atomic mass is 9.84. The van der Waals surface area contributed by atoms with Crippen molar-refractivity contribution in [3.63, 3.8) is 0 Å². The summed E-state index contributed by atoms with van der Waals surface area (Å²) >= 11 is 3.69. The molecule has 3 aliphatic heterocycles. The lowest BCUT2D eigenvalue weighted by Crippen LogP contribution is -2.39. The standard InChI is InChI=1S/C14H15BrN2/c1-16-13-10(3-2-4-11(13)15)12-9-5-7-17(8-6-9)14(12)16/h2-4,9H,5-8H2,1H3. The van der Waals surface area contributed by atoms with Gasteiger partial charge in [-0.1, -0.05) is 12.1 Å². The van der Waals surface area contributed by atoms with Crippen LogP contribution in [-0.2, 0) is 7.05 Å². The molecule has 0 N–H and O–H groups in total. The molecule has 5 rings (SSSR count). The lowest BCUT2D eigenvalue weighted by molar-refractivity contribution is 0.469. The molecular formula is C14H15BrN2. The van der Waals surface area contributed by atoms with Crippen LogP contribution in [0.4, 0.5) is 5.82 Å². The molecule has 4 heterocycles. The number of para-hydroxylation sites is 1. The summed E-state index contributed by atoms with van der Waals surface area (Å²) in [7, 11) is 2.20. The molecule has 0 amide bonds. The summed E-state index contributed by atoms with van der Waals surface area (Å²) in [6.45, 7) is 2.47. The van der Waals surface area contributed by atoms with Crippen LogP contribution in [0.25, 0.3) is 10.9 Å². The molecule has 1 saturated heterocycles. The van der Waals surface area contributed by atoms with E-state index in [0.717, 1.165) is 5.92 Å². The summed E-state index contributed by atoms with van der Waals surface area (Å²) in [5, 5.41) is 1.45. The maximum atomic E-state index is 3.69. The summed E-state index contributed by atoms with van der Waals surface area (Å²) in [5.41, 5.74) is 2.96. The van der Waals surface area contributed by atoms with Crippen LogP contribution in [0, 0.1) is 0 Å². The van der Waals surface area contributed by atoms with Crippen molar-refractivity contribution in [2.45, 2.75) is 18.8 Å². The van der Waals surface area contributed by atoms with Crippen LogP contribution in [-0.4, -0.2) is 17.7 Å². The smallest absolute Gasteiger partial charge is 0.112 e. The zero-order valence-corrected chi connectivity index (χ0v) is 11.5. The van der Waals surface area contributed by atoms with Gasteiger partial charge in [-0.3, -0.25) is 0 Å². The van der Waals surface area contributed by atoms with Crippen molar-refractivity contribution in [3.05, 3.63) is 28.2 Å². The number of halogens is 1. The number of benzene rings is 1. The van der Waals surface area contributed by atoms with Gasteiger partial charge in [-0.25, -0.2) is 0 Å². The van der Waals surface area contributed by atoms with Gasteiger partial charge in [-0.2, -0.15) is 0 Å². The van der Waals surface area contributed by atoms with E-state index in [4.69, 9.17) is 0 Å². The highest BCUT2D eigenvalue weighted by molar-refractivity contribution is 9.10. The molecule has 0 spiro atoms. The number of aryl methyl sites for hydroxylation is 1. The number of rotatable bonds is 0. The fraction of sp³-hybridized carbons (Fsp3) is 0.429. The molecule has 0 radical (unpaired) electrons. The molecule has 1 aromatic carbocycles. The quantitative estimate of drug-likeness (QED) is 0.719. The SMILES string of the molecule is Cn1c2c(c3cccc(Br)c31)C1CCN2CC1. The molecule has 1 fully saturated rings. The molecule has 3 aliphatic rings. The lowest BCUT2D eigenvalue weighted by Gasteiger charge is -2.41. The van der Waals surface area contributed by atoms with Crippen molar-refractivity contribution >= 4 is 32.7 Å². The molecule has 0 atom stereocenters. The molecule has 2 bridgehead atoms. The van der Waals surface area contributed by atoms with Gasteiger partial charge in [0.15, 0.2) is 0 Å². The van der Waals surface area contributed by atoms with Gasteiger partial charge in [0, 0.05) is 35.6 Å². The topological polar surface area (TPSA) is 8.17 Å². The summed E-state index contributed by atoms with van der Waals surface area (Å²) in [6, 6.07) is 6.58. The van der Waals surface area contributed by atoms with Crippen molar-refractivity contribution in [2.24, 2.45) is 7.05 Å². The van der Waals surface area contributed by atoms with Crippen molar-refractivity contribution in [1.82, 2.24) is 4.57 Å². The van der Waals surface area contributed by atoms with Crippen molar-refractivity contribution < 1.29 is 0 Å². The van der Waals surface area contributed by atoms with Crippen LogP contribution in [0.3, 0.4) is 0 Å². The number of anilines is 1. The Bertz CT molecular complexity index is 606. The van der Waals surface area contributed by atoms with E-state index in [2.05, 4.69) is 50.6 Å². The first-order valence-electron chi connectivity index (χ1n) is 6.29. The fourth-order valence-electron chi connectivity index (χ4n) is 3.65. The Balaban J connectivity index is 2.17. The largest absolute Gasteiger partial charge is 0.358 e. The van der Waals surface area contributed by atoms with E-state index in [1.54, 1.807) is 5.56 Å². The first-order chi connectivity index (χ1) is 8.27. The number of fused-ring (bicyclic) bond motifs is 3. The van der Waals surface area contributed by atoms with Crippen LogP contribution in [0.5, 0.6) is 0 Å². The maximum absolute atomic E-state index is 3.69. The molecule has 1 aromatic heterocycles. The van der Waals surface area contributed by atoms with E-state index in [-0.39, 0.29) is 0 Å². The number of hydrogen-bond acceptors (Lipinski definition) is 1. The minimum Gasteiger partial charge on any atom is -0.358 e. The minimum atomic E-state index is 0.785. The normalized spacial score (nSPS) is 19.1. The van der Waals surface area contributed by atoms with E-state index >= 15 is 0 Å². The Labute approximate surface area is 109 Å². The van der Waals surface area contributed by atoms with Gasteiger partial charge in [-0.15, -0.1) is 0 Å². The van der Waals surface area contributed by atoms with Gasteiger partial charge in [0.05, 0.1) is 5.52 Å². The van der Waals surface area contributed by atoms with Crippen molar-refractivity contribution in [3.8, 4) is 0 Å². The number of aromatic nitrogens is 1. The van der Waals surface area contributed by atoms with Crippen LogP contribution in [0.1, 0.15) is 24.3 Å². The van der Waals surface area contributed by atoms with Crippen LogP contribution >= 0.6 is 15.9 Å². The highest BCUT2D eigenvalue weighted by atomic mass is 79.9. The van der Waals surface area contributed by atoms with Gasteiger partial charge in [0.2, 0.25) is 0 Å². The number of piperidine rings is 1. The van der Waals surface area contributed by atoms with E-state index in [9.17, 15) is 0 Å². The monoisotopic (exact) mass is 290 g/mol. The van der Waals surface area contributed by atoms with Gasteiger partial charge in [0.1, 0.15) is 5.82 Å². The van der Waals surface area contributed by atoms with Gasteiger partial charge >= 0.3 is 0 Å². The molecule has 0 unspecified atom stereocenters. The summed E-state index contributed by atoms with van der Waals surface area (Å²) in [5.74, 6) is 2.25. The highest BCUT2D eigenvalue weighted by Gasteiger charge is 2.35. The fourth-order valence-corrected chi connectivity index (χ4v) is 4.28. The Morgan fingerprint density at radius 2 is 2.00 bits per heavy atom. The first kappa shape index (κ1) is 10.0. The summed E-state index contributed by atoms with van der Waals surface area (Å²) < 4.78 is 3.59. The van der Waals surface area contributed by atoms with Gasteiger partial charge < -0.3 is 9.47 Å². The van der Waals surface area contributed by atoms with E-state index in [1.807, 2.05) is 0 Å². The minimum absolute atomic E-state index is 0.785. The predicted octanol–water partition coefficient (Wildman–Crippen LogP) is 3.64. The van der Waals surface area contributed by atoms with Crippen LogP contribution in [0.15, 0.2) is 22.7 Å². The Hall–Kier alpha value is -0.960. The van der Waals surface area contributed by atoms with Gasteiger partial charge in [0.25, 0.3) is 0 Å². The van der Waals surface area contributed by atoms with Crippen molar-refractivity contribution in [1.29, 1.82) is 0 Å². The second-order valence-electron chi connectivity index (χ2n) is 5.19. The summed E-state index contributed by atoms with van der Waals surface area (Å²) in [6.07, 6.45) is 2.66. The third kappa shape index (κ3) is 1.16. The number of hydrogen-bond donors (Lipinski definition) is 0. The zero-order chi connectivity index (χ0) is 11.6. The van der Waals surface area contributed by atoms with E-state index in [0.29, 0.717) is 0 Å². The third-order valence-corrected chi connectivity index (χ3v) is 5.01. The highest BCUT2D eigenvalue weighted by Crippen LogP contribution is 2.48. The average molecular weight is 291 g/mol. The molecule has 0 saturated carbocycles. The van der Waals surface area contributed by atoms with E-state index < -0.39 is 0 Å². The molecule has 2 aromatic rings. The second kappa shape index (κ2) is 3.29. The Kier molecular flexibility index (Phi) is 1.93. The zero-order valence-electron chi connectivity index (χ0n) is 9.91. The van der Waals surface area contributed by atoms with Crippen molar-refractivity contribution in [2.75, 3.05) is 18.0 Å². The maximum Gasteiger partial charge on any atom is 0.112 e.